The lowest BCUT2D eigenvalue weighted by Crippen LogP contribution is -2.16. The summed E-state index contributed by atoms with van der Waals surface area (Å²) in [6.45, 7) is 6.00. The Bertz CT molecular complexity index is 718. The molecule has 0 aliphatic carbocycles. The van der Waals surface area contributed by atoms with Gasteiger partial charge in [0.15, 0.2) is 9.84 Å². The molecule has 0 fully saturated rings. The zero-order valence-electron chi connectivity index (χ0n) is 13.0. The Morgan fingerprint density at radius 1 is 1.23 bits per heavy atom. The molecule has 22 heavy (non-hydrogen) atoms. The Kier molecular flexibility index (Phi) is 5.36. The van der Waals surface area contributed by atoms with Crippen molar-refractivity contribution < 1.29 is 13.5 Å². The van der Waals surface area contributed by atoms with Gasteiger partial charge in [0.05, 0.1) is 28.3 Å². The number of aliphatic hydroxyl groups excluding tert-OH is 1. The van der Waals surface area contributed by atoms with Crippen LogP contribution in [0.2, 0.25) is 0 Å². The lowest BCUT2D eigenvalue weighted by Gasteiger charge is -2.11. The molecule has 6 heteroatoms. The number of aryl methyl sites for hydroxylation is 1. The number of thiazole rings is 1. The van der Waals surface area contributed by atoms with Crippen LogP contribution in [-0.4, -0.2) is 24.3 Å². The maximum Gasteiger partial charge on any atom is 0.158 e. The minimum atomic E-state index is -3.41. The summed E-state index contributed by atoms with van der Waals surface area (Å²) in [4.78, 5) is 4.34. The zero-order chi connectivity index (χ0) is 16.3. The average Bonchev–Trinajstić information content (AvgIpc) is 2.86. The van der Waals surface area contributed by atoms with E-state index in [2.05, 4.69) is 4.98 Å². The summed E-state index contributed by atoms with van der Waals surface area (Å²) in [7, 11) is -3.41. The molecule has 0 spiro atoms. The van der Waals surface area contributed by atoms with Crippen molar-refractivity contribution in [3.05, 3.63) is 51.5 Å². The van der Waals surface area contributed by atoms with Crippen LogP contribution < -0.4 is 0 Å². The van der Waals surface area contributed by atoms with Gasteiger partial charge >= 0.3 is 0 Å². The summed E-state index contributed by atoms with van der Waals surface area (Å²) in [6, 6.07) is 7.24. The predicted molar refractivity (Wildman–Crippen MR) is 89.8 cm³/mol. The third-order valence-electron chi connectivity index (χ3n) is 3.31. The Balaban J connectivity index is 2.05. The number of rotatable bonds is 6. The monoisotopic (exact) mass is 339 g/mol. The fraction of sp³-hybridized carbons (Fsp3) is 0.438. The molecule has 1 heterocycles. The summed E-state index contributed by atoms with van der Waals surface area (Å²) in [6.07, 6.45) is -1.01. The molecule has 0 radical (unpaired) electrons. The molecule has 1 aromatic carbocycles. The van der Waals surface area contributed by atoms with E-state index in [0.29, 0.717) is 17.2 Å². The Morgan fingerprint density at radius 3 is 2.41 bits per heavy atom. The molecule has 0 saturated heterocycles. The molecule has 1 aromatic heterocycles. The number of benzene rings is 1. The van der Waals surface area contributed by atoms with E-state index < -0.39 is 15.9 Å². The van der Waals surface area contributed by atoms with Crippen LogP contribution in [0.15, 0.2) is 29.6 Å². The Labute approximate surface area is 135 Å². The lowest BCUT2D eigenvalue weighted by atomic mass is 10.1. The second-order valence-corrected chi connectivity index (χ2v) is 8.81. The lowest BCUT2D eigenvalue weighted by molar-refractivity contribution is 0.201. The van der Waals surface area contributed by atoms with E-state index in [1.165, 1.54) is 11.3 Å². The molecule has 0 bridgehead atoms. The standard InChI is InChI=1S/C16H21NO3S2/c1-11(2)16-17-14(8-21-16)9-22(19,20)10-15(18)13-6-4-12(3)5-7-13/h4-8,11,15,18H,9-10H2,1-3H3. The van der Waals surface area contributed by atoms with Gasteiger partial charge in [0.1, 0.15) is 0 Å². The summed E-state index contributed by atoms with van der Waals surface area (Å²) in [5.41, 5.74) is 2.25. The molecule has 0 saturated carbocycles. The van der Waals surface area contributed by atoms with Gasteiger partial charge in [0, 0.05) is 11.3 Å². The molecule has 1 N–H and O–H groups in total. The smallest absolute Gasteiger partial charge is 0.158 e. The van der Waals surface area contributed by atoms with Gasteiger partial charge in [-0.1, -0.05) is 43.7 Å². The molecule has 0 amide bonds. The second kappa shape index (κ2) is 6.89. The molecule has 2 rings (SSSR count). The fourth-order valence-corrected chi connectivity index (χ4v) is 4.39. The summed E-state index contributed by atoms with van der Waals surface area (Å²) < 4.78 is 24.5. The molecule has 0 aliphatic heterocycles. The van der Waals surface area contributed by atoms with Gasteiger partial charge in [-0.2, -0.15) is 0 Å². The van der Waals surface area contributed by atoms with Crippen molar-refractivity contribution in [2.75, 3.05) is 5.75 Å². The maximum absolute atomic E-state index is 12.2. The van der Waals surface area contributed by atoms with Crippen LogP contribution >= 0.6 is 11.3 Å². The zero-order valence-corrected chi connectivity index (χ0v) is 14.6. The van der Waals surface area contributed by atoms with Crippen molar-refractivity contribution >= 4 is 21.2 Å². The quantitative estimate of drug-likeness (QED) is 0.877. The van der Waals surface area contributed by atoms with E-state index in [-0.39, 0.29) is 11.5 Å². The van der Waals surface area contributed by atoms with Crippen LogP contribution in [0.4, 0.5) is 0 Å². The van der Waals surface area contributed by atoms with Crippen LogP contribution in [0, 0.1) is 6.92 Å². The van der Waals surface area contributed by atoms with Crippen LogP contribution in [0.3, 0.4) is 0 Å². The highest BCUT2D eigenvalue weighted by Crippen LogP contribution is 2.22. The summed E-state index contributed by atoms with van der Waals surface area (Å²) in [5, 5.41) is 12.8. The number of aliphatic hydroxyl groups is 1. The summed E-state index contributed by atoms with van der Waals surface area (Å²) >= 11 is 1.48. The second-order valence-electron chi connectivity index (χ2n) is 5.81. The number of hydrogen-bond donors (Lipinski definition) is 1. The largest absolute Gasteiger partial charge is 0.387 e. The van der Waals surface area contributed by atoms with Crippen molar-refractivity contribution in [2.45, 2.75) is 38.5 Å². The number of aromatic nitrogens is 1. The maximum atomic E-state index is 12.2. The van der Waals surface area contributed by atoms with E-state index in [1.807, 2.05) is 32.9 Å². The Hall–Kier alpha value is -1.24. The third kappa shape index (κ3) is 4.63. The van der Waals surface area contributed by atoms with Gasteiger partial charge in [-0.25, -0.2) is 13.4 Å². The van der Waals surface area contributed by atoms with Crippen molar-refractivity contribution in [3.8, 4) is 0 Å². The first kappa shape index (κ1) is 17.1. The molecule has 1 atom stereocenters. The highest BCUT2D eigenvalue weighted by atomic mass is 32.2. The fourth-order valence-electron chi connectivity index (χ4n) is 2.06. The predicted octanol–water partition coefficient (Wildman–Crippen LogP) is 3.22. The molecular weight excluding hydrogens is 318 g/mol. The van der Waals surface area contributed by atoms with Crippen molar-refractivity contribution in [2.24, 2.45) is 0 Å². The third-order valence-corrected chi connectivity index (χ3v) is 6.06. The van der Waals surface area contributed by atoms with Gasteiger partial charge < -0.3 is 5.11 Å². The molecule has 2 aromatic rings. The Morgan fingerprint density at radius 2 is 1.86 bits per heavy atom. The van der Waals surface area contributed by atoms with Crippen LogP contribution in [0.1, 0.15) is 47.7 Å². The van der Waals surface area contributed by atoms with Crippen molar-refractivity contribution in [1.29, 1.82) is 0 Å². The van der Waals surface area contributed by atoms with E-state index in [1.54, 1.807) is 17.5 Å². The number of hydrogen-bond acceptors (Lipinski definition) is 5. The molecule has 120 valence electrons. The van der Waals surface area contributed by atoms with Crippen LogP contribution in [0.25, 0.3) is 0 Å². The van der Waals surface area contributed by atoms with Crippen molar-refractivity contribution in [3.63, 3.8) is 0 Å². The SMILES string of the molecule is Cc1ccc(C(O)CS(=O)(=O)Cc2csc(C(C)C)n2)cc1. The minimum Gasteiger partial charge on any atom is -0.387 e. The number of nitrogens with zero attached hydrogens (tertiary/aromatic N) is 1. The van der Waals surface area contributed by atoms with E-state index in [4.69, 9.17) is 0 Å². The van der Waals surface area contributed by atoms with Gasteiger partial charge in [-0.15, -0.1) is 11.3 Å². The molecule has 1 unspecified atom stereocenters. The van der Waals surface area contributed by atoms with Gasteiger partial charge in [0.25, 0.3) is 0 Å². The van der Waals surface area contributed by atoms with Gasteiger partial charge in [-0.3, -0.25) is 0 Å². The van der Waals surface area contributed by atoms with E-state index in [9.17, 15) is 13.5 Å². The van der Waals surface area contributed by atoms with E-state index >= 15 is 0 Å². The highest BCUT2D eigenvalue weighted by Gasteiger charge is 2.21. The van der Waals surface area contributed by atoms with Gasteiger partial charge in [-0.05, 0) is 12.5 Å². The van der Waals surface area contributed by atoms with Crippen LogP contribution in [-0.2, 0) is 15.6 Å². The topological polar surface area (TPSA) is 67.3 Å². The average molecular weight is 339 g/mol. The summed E-state index contributed by atoms with van der Waals surface area (Å²) in [5.74, 6) is -0.122. The van der Waals surface area contributed by atoms with Gasteiger partial charge in [0.2, 0.25) is 0 Å². The minimum absolute atomic E-state index is 0.126. The van der Waals surface area contributed by atoms with Crippen LogP contribution in [0.5, 0.6) is 0 Å². The first-order chi connectivity index (χ1) is 10.3. The first-order valence-electron chi connectivity index (χ1n) is 7.16. The molecule has 0 aliphatic rings. The van der Waals surface area contributed by atoms with Crippen molar-refractivity contribution in [1.82, 2.24) is 4.98 Å². The first-order valence-corrected chi connectivity index (χ1v) is 9.86. The molecule has 4 nitrogen and oxygen atoms in total. The normalized spacial score (nSPS) is 13.5. The highest BCUT2D eigenvalue weighted by molar-refractivity contribution is 7.90. The molecular formula is C16H21NO3S2. The van der Waals surface area contributed by atoms with E-state index in [0.717, 1.165) is 10.6 Å². The number of sulfone groups is 1.